The van der Waals surface area contributed by atoms with E-state index in [0.29, 0.717) is 16.8 Å². The average molecular weight is 527 g/mol. The van der Waals surface area contributed by atoms with E-state index >= 15 is 0 Å². The fourth-order valence-corrected chi connectivity index (χ4v) is 7.43. The maximum Gasteiger partial charge on any atom is 0.354 e. The Balaban J connectivity index is 1.74. The Morgan fingerprint density at radius 3 is 2.08 bits per heavy atom. The number of nitrogens with zero attached hydrogens (tertiary/aromatic N) is 4. The predicted molar refractivity (Wildman–Crippen MR) is 145 cm³/mol. The van der Waals surface area contributed by atoms with Crippen LogP contribution in [0.3, 0.4) is 0 Å². The van der Waals surface area contributed by atoms with Gasteiger partial charge < -0.3 is 15.1 Å². The van der Waals surface area contributed by atoms with Crippen LogP contribution in [0.15, 0.2) is 54.7 Å². The Morgan fingerprint density at radius 1 is 0.872 bits per heavy atom. The number of benzene rings is 2. The summed E-state index contributed by atoms with van der Waals surface area (Å²) >= 11 is 0. The maximum absolute atomic E-state index is 14.7. The number of aromatic amines is 2. The van der Waals surface area contributed by atoms with Crippen LogP contribution >= 0.6 is 0 Å². The Labute approximate surface area is 223 Å². The highest BCUT2D eigenvalue weighted by Crippen LogP contribution is 2.62. The molecular formula is C28H30N8O3+2. The first-order valence-electron chi connectivity index (χ1n) is 12.7. The lowest BCUT2D eigenvalue weighted by molar-refractivity contribution is -0.626. The Kier molecular flexibility index (Phi) is 4.37. The van der Waals surface area contributed by atoms with E-state index in [2.05, 4.69) is 9.97 Å². The molecule has 11 nitrogen and oxygen atoms in total. The number of aliphatic hydroxyl groups excluding tert-OH is 1. The zero-order chi connectivity index (χ0) is 27.6. The molecule has 0 bridgehead atoms. The standard InChI is InChI=1S/C28H28N8O3/c1-33-23(38)27(35(3)25(33)29)20(16-13-31-17-11-7-5-9-14(16)17)28(24(39)34(2)26(30)36(28)4)22(37)19-15-10-6-8-12-18(15)32-21(19)27/h5-13,20,22,29-32,37H,1-4H3/p+2/t20-,22?,27+,28+/m0/s1. The molecule has 1 unspecified atom stereocenters. The molecule has 7 N–H and O–H groups in total. The summed E-state index contributed by atoms with van der Waals surface area (Å²) < 4.78 is 3.37. The van der Waals surface area contributed by atoms with Crippen molar-refractivity contribution < 1.29 is 23.8 Å². The van der Waals surface area contributed by atoms with Gasteiger partial charge in [0.25, 0.3) is 0 Å². The highest BCUT2D eigenvalue weighted by Gasteiger charge is 2.79. The zero-order valence-corrected chi connectivity index (χ0v) is 22.1. The third-order valence-corrected chi connectivity index (χ3v) is 9.34. The molecular weight excluding hydrogens is 496 g/mol. The lowest BCUT2D eigenvalue weighted by atomic mass is 9.57. The van der Waals surface area contributed by atoms with Crippen molar-refractivity contribution in [2.75, 3.05) is 28.2 Å². The first-order valence-corrected chi connectivity index (χ1v) is 12.7. The fourth-order valence-electron chi connectivity index (χ4n) is 7.43. The van der Waals surface area contributed by atoms with Crippen LogP contribution in [0.4, 0.5) is 0 Å². The van der Waals surface area contributed by atoms with Crippen molar-refractivity contribution in [2.24, 2.45) is 11.5 Å². The van der Waals surface area contributed by atoms with E-state index in [1.807, 2.05) is 54.7 Å². The normalized spacial score (nSPS) is 28.8. The lowest BCUT2D eigenvalue weighted by Crippen LogP contribution is -2.67. The van der Waals surface area contributed by atoms with Gasteiger partial charge in [0.1, 0.15) is 6.10 Å². The van der Waals surface area contributed by atoms with Gasteiger partial charge in [-0.2, -0.15) is 0 Å². The highest BCUT2D eigenvalue weighted by molar-refractivity contribution is 6.09. The molecule has 4 heterocycles. The minimum absolute atomic E-state index is 0.181. The molecule has 39 heavy (non-hydrogen) atoms. The SMILES string of the molecule is CN1C(=O)[C@@]2(c3[nH]c4ccccc4c3C(O)[C@@]3(C(=O)N(C)C(N)=[N+]3C)[C@H]2c2c[nH]c3ccccc23)[N+](C)=C1N. The number of guanidine groups is 2. The van der Waals surface area contributed by atoms with Crippen molar-refractivity contribution in [3.63, 3.8) is 0 Å². The molecule has 2 amide bonds. The van der Waals surface area contributed by atoms with Gasteiger partial charge in [-0.15, -0.1) is 0 Å². The van der Waals surface area contributed by atoms with Gasteiger partial charge in [0, 0.05) is 33.6 Å². The summed E-state index contributed by atoms with van der Waals surface area (Å²) in [4.78, 5) is 38.8. The molecule has 11 heteroatoms. The Morgan fingerprint density at radius 2 is 1.46 bits per heavy atom. The van der Waals surface area contributed by atoms with Gasteiger partial charge >= 0.3 is 23.7 Å². The molecule has 1 aliphatic carbocycles. The van der Waals surface area contributed by atoms with Crippen LogP contribution in [-0.2, 0) is 15.1 Å². The maximum atomic E-state index is 14.7. The molecule has 0 radical (unpaired) electrons. The first kappa shape index (κ1) is 23.5. The van der Waals surface area contributed by atoms with E-state index in [1.54, 1.807) is 37.3 Å². The smallest absolute Gasteiger partial charge is 0.354 e. The molecule has 3 aliphatic rings. The largest absolute Gasteiger partial charge is 0.384 e. The number of aliphatic hydroxyl groups is 1. The van der Waals surface area contributed by atoms with Crippen LogP contribution in [0.5, 0.6) is 0 Å². The van der Waals surface area contributed by atoms with Crippen LogP contribution in [0.2, 0.25) is 0 Å². The summed E-state index contributed by atoms with van der Waals surface area (Å²) in [6.45, 7) is 0. The van der Waals surface area contributed by atoms with Crippen LogP contribution < -0.4 is 11.5 Å². The topological polar surface area (TPSA) is 150 Å². The second-order valence-electron chi connectivity index (χ2n) is 10.7. The van der Waals surface area contributed by atoms with Crippen molar-refractivity contribution in [3.8, 4) is 0 Å². The van der Waals surface area contributed by atoms with Gasteiger partial charge in [-0.25, -0.2) is 19.0 Å². The number of hydrogen-bond donors (Lipinski definition) is 5. The third kappa shape index (κ3) is 2.34. The van der Waals surface area contributed by atoms with E-state index in [1.165, 1.54) is 9.80 Å². The van der Waals surface area contributed by atoms with Crippen LogP contribution in [0.1, 0.15) is 28.8 Å². The number of H-pyrrole nitrogens is 2. The van der Waals surface area contributed by atoms with E-state index in [-0.39, 0.29) is 17.8 Å². The average Bonchev–Trinajstić information content (AvgIpc) is 3.63. The minimum Gasteiger partial charge on any atom is -0.384 e. The van der Waals surface area contributed by atoms with Gasteiger partial charge in [-0.1, -0.05) is 36.4 Å². The highest BCUT2D eigenvalue weighted by atomic mass is 16.3. The second-order valence-corrected chi connectivity index (χ2v) is 10.7. The number of aromatic nitrogens is 2. The summed E-state index contributed by atoms with van der Waals surface area (Å²) in [5.74, 6) is -1.25. The number of amides is 2. The summed E-state index contributed by atoms with van der Waals surface area (Å²) in [6.07, 6.45) is 0.479. The number of likely N-dealkylation sites (N-methyl/N-ethyl adjacent to an activating group) is 4. The van der Waals surface area contributed by atoms with E-state index in [4.69, 9.17) is 11.5 Å². The number of nitrogens with one attached hydrogen (secondary N) is 2. The molecule has 0 saturated carbocycles. The number of hydrogen-bond acceptors (Lipinski definition) is 5. The van der Waals surface area contributed by atoms with Gasteiger partial charge in [-0.05, 0) is 17.7 Å². The zero-order valence-electron chi connectivity index (χ0n) is 22.1. The summed E-state index contributed by atoms with van der Waals surface area (Å²) in [7, 11) is 6.68. The molecule has 2 aromatic heterocycles. The quantitative estimate of drug-likeness (QED) is 0.226. The molecule has 4 aromatic rings. The van der Waals surface area contributed by atoms with Crippen molar-refractivity contribution in [1.82, 2.24) is 19.8 Å². The predicted octanol–water partition coefficient (Wildman–Crippen LogP) is 0.272. The van der Waals surface area contributed by atoms with Gasteiger partial charge in [0.2, 0.25) is 11.1 Å². The minimum atomic E-state index is -1.68. The third-order valence-electron chi connectivity index (χ3n) is 9.34. The number of rotatable bonds is 1. The van der Waals surface area contributed by atoms with Crippen molar-refractivity contribution in [1.29, 1.82) is 0 Å². The van der Waals surface area contributed by atoms with Crippen molar-refractivity contribution in [2.45, 2.75) is 23.1 Å². The molecule has 0 saturated heterocycles. The lowest BCUT2D eigenvalue weighted by Gasteiger charge is -2.49. The van der Waals surface area contributed by atoms with E-state index < -0.39 is 29.0 Å². The number of fused-ring (bicyclic) bond motifs is 5. The summed E-state index contributed by atoms with van der Waals surface area (Å²) in [5, 5.41) is 14.0. The molecule has 0 fully saturated rings. The van der Waals surface area contributed by atoms with E-state index in [0.717, 1.165) is 21.8 Å². The molecule has 7 rings (SSSR count). The Bertz CT molecular complexity index is 1830. The second kappa shape index (κ2) is 7.26. The van der Waals surface area contributed by atoms with Crippen molar-refractivity contribution >= 4 is 45.5 Å². The summed E-state index contributed by atoms with van der Waals surface area (Å²) in [6, 6.07) is 15.2. The molecule has 198 valence electrons. The molecule has 4 atom stereocenters. The van der Waals surface area contributed by atoms with E-state index in [9.17, 15) is 14.7 Å². The monoisotopic (exact) mass is 526 g/mol. The number of nitrogens with two attached hydrogens (primary N) is 2. The fraction of sp³-hybridized carbons (Fsp3) is 0.286. The van der Waals surface area contributed by atoms with Crippen LogP contribution in [-0.4, -0.2) is 91.5 Å². The number of carbonyl (C=O) groups is 2. The number of para-hydroxylation sites is 2. The van der Waals surface area contributed by atoms with Crippen LogP contribution in [0, 0.1) is 0 Å². The van der Waals surface area contributed by atoms with Crippen molar-refractivity contribution in [3.05, 3.63) is 71.5 Å². The van der Waals surface area contributed by atoms with Gasteiger partial charge in [-0.3, -0.25) is 21.1 Å². The molecule has 2 spiro atoms. The molecule has 2 aromatic carbocycles. The molecule has 2 aliphatic heterocycles. The van der Waals surface area contributed by atoms with Gasteiger partial charge in [0.05, 0.1) is 39.8 Å². The van der Waals surface area contributed by atoms with Gasteiger partial charge in [0.15, 0.2) is 0 Å². The number of carbonyl (C=O) groups excluding carboxylic acids is 2. The van der Waals surface area contributed by atoms with Crippen LogP contribution in [0.25, 0.3) is 21.8 Å². The summed E-state index contributed by atoms with van der Waals surface area (Å²) in [5.41, 5.74) is 13.1. The first-order chi connectivity index (χ1) is 18.6. The Hall–Kier alpha value is -4.64.